The molecule has 1 N–H and O–H groups in total. The zero-order valence-corrected chi connectivity index (χ0v) is 12.7. The van der Waals surface area contributed by atoms with Crippen molar-refractivity contribution in [2.45, 2.75) is 39.0 Å². The zero-order valence-electron chi connectivity index (χ0n) is 12.7. The number of alkyl halides is 2. The van der Waals surface area contributed by atoms with Gasteiger partial charge >= 0.3 is 12.3 Å². The molecule has 1 aliphatic heterocycles. The van der Waals surface area contributed by atoms with Crippen molar-refractivity contribution in [2.24, 2.45) is 0 Å². The Balaban J connectivity index is 1.63. The first-order chi connectivity index (χ1) is 11.5. The Bertz CT molecular complexity index is 783. The number of nitrogens with one attached hydrogen (secondary N) is 1. The minimum absolute atomic E-state index is 0.000921. The summed E-state index contributed by atoms with van der Waals surface area (Å²) in [5.74, 6) is 0.281. The van der Waals surface area contributed by atoms with Crippen molar-refractivity contribution in [3.05, 3.63) is 40.6 Å². The molecule has 0 unspecified atom stereocenters. The molecule has 128 valence electrons. The number of rotatable bonds is 5. The summed E-state index contributed by atoms with van der Waals surface area (Å²) in [7, 11) is 0. The molecule has 2 aromatic rings. The van der Waals surface area contributed by atoms with E-state index >= 15 is 0 Å². The summed E-state index contributed by atoms with van der Waals surface area (Å²) in [4.78, 5) is 24.2. The molecule has 0 radical (unpaired) electrons. The van der Waals surface area contributed by atoms with E-state index in [0.717, 1.165) is 23.9 Å². The molecule has 2 heterocycles. The highest BCUT2D eigenvalue weighted by atomic mass is 19.3. The Hall–Kier alpha value is -2.71. The predicted molar refractivity (Wildman–Crippen MR) is 81.1 cm³/mol. The maximum absolute atomic E-state index is 12.1. The summed E-state index contributed by atoms with van der Waals surface area (Å²) in [5, 5.41) is 6.77. The van der Waals surface area contributed by atoms with Crippen molar-refractivity contribution >= 4 is 11.6 Å². The summed E-state index contributed by atoms with van der Waals surface area (Å²) < 4.78 is 31.1. The van der Waals surface area contributed by atoms with Crippen LogP contribution >= 0.6 is 0 Å². The van der Waals surface area contributed by atoms with Gasteiger partial charge in [-0.1, -0.05) is 0 Å². The summed E-state index contributed by atoms with van der Waals surface area (Å²) in [6.45, 7) is -2.47. The first kappa shape index (κ1) is 16.2. The van der Waals surface area contributed by atoms with Crippen molar-refractivity contribution in [1.29, 1.82) is 0 Å². The van der Waals surface area contributed by atoms with Crippen molar-refractivity contribution < 1.29 is 18.3 Å². The third-order valence-corrected chi connectivity index (χ3v) is 3.69. The van der Waals surface area contributed by atoms with Gasteiger partial charge in [-0.3, -0.25) is 9.36 Å². The first-order valence-corrected chi connectivity index (χ1v) is 7.54. The molecule has 0 bridgehead atoms. The molecule has 7 nitrogen and oxygen atoms in total. The van der Waals surface area contributed by atoms with Gasteiger partial charge in [0, 0.05) is 18.7 Å². The lowest BCUT2D eigenvalue weighted by atomic mass is 10.2. The minimum Gasteiger partial charge on any atom is -0.435 e. The zero-order chi connectivity index (χ0) is 17.1. The molecule has 0 aliphatic carbocycles. The van der Waals surface area contributed by atoms with Crippen LogP contribution in [-0.2, 0) is 24.3 Å². The number of benzene rings is 1. The van der Waals surface area contributed by atoms with Gasteiger partial charge in [-0.25, -0.2) is 9.48 Å². The first-order valence-electron chi connectivity index (χ1n) is 7.54. The third kappa shape index (κ3) is 3.61. The quantitative estimate of drug-likeness (QED) is 0.899. The summed E-state index contributed by atoms with van der Waals surface area (Å²) in [6.07, 6.45) is 2.64. The lowest BCUT2D eigenvalue weighted by molar-refractivity contribution is -0.117. The van der Waals surface area contributed by atoms with Gasteiger partial charge in [-0.05, 0) is 37.1 Å². The van der Waals surface area contributed by atoms with Crippen molar-refractivity contribution in [1.82, 2.24) is 14.3 Å². The largest absolute Gasteiger partial charge is 0.435 e. The van der Waals surface area contributed by atoms with Crippen molar-refractivity contribution in [3.8, 4) is 5.75 Å². The predicted octanol–water partition coefficient (Wildman–Crippen LogP) is 1.62. The van der Waals surface area contributed by atoms with E-state index in [2.05, 4.69) is 15.2 Å². The second kappa shape index (κ2) is 6.81. The molecule has 0 saturated carbocycles. The number of carbonyl (C=O) groups excluding carboxylic acids is 1. The van der Waals surface area contributed by atoms with Crippen LogP contribution in [0.25, 0.3) is 0 Å². The monoisotopic (exact) mass is 338 g/mol. The second-order valence-corrected chi connectivity index (χ2v) is 5.42. The van der Waals surface area contributed by atoms with Crippen LogP contribution in [0.15, 0.2) is 29.1 Å². The summed E-state index contributed by atoms with van der Waals surface area (Å²) in [5.41, 5.74) is 0.124. The number of fused-ring (bicyclic) bond motifs is 1. The Morgan fingerprint density at radius 2 is 2.04 bits per heavy atom. The number of nitrogens with zero attached hydrogens (tertiary/aromatic N) is 3. The maximum Gasteiger partial charge on any atom is 0.387 e. The molecular weight excluding hydrogens is 322 g/mol. The van der Waals surface area contributed by atoms with Gasteiger partial charge in [0.15, 0.2) is 0 Å². The standard InChI is InChI=1S/C15H16F2N4O3/c16-14(17)24-11-6-4-10(5-7-11)18-13(22)9-21-15(23)20-8-2-1-3-12(20)19-21/h4-7,14H,1-3,8-9H2,(H,18,22). The van der Waals surface area contributed by atoms with E-state index in [0.29, 0.717) is 18.1 Å². The third-order valence-electron chi connectivity index (χ3n) is 3.69. The number of anilines is 1. The molecule has 1 aliphatic rings. The fourth-order valence-electron chi connectivity index (χ4n) is 2.61. The van der Waals surface area contributed by atoms with E-state index in [1.54, 1.807) is 4.57 Å². The Morgan fingerprint density at radius 3 is 2.71 bits per heavy atom. The highest BCUT2D eigenvalue weighted by Crippen LogP contribution is 2.17. The number of hydrogen-bond donors (Lipinski definition) is 1. The summed E-state index contributed by atoms with van der Waals surface area (Å²) >= 11 is 0. The number of hydrogen-bond acceptors (Lipinski definition) is 4. The van der Waals surface area contributed by atoms with E-state index in [9.17, 15) is 18.4 Å². The lowest BCUT2D eigenvalue weighted by Gasteiger charge is -2.09. The fourth-order valence-corrected chi connectivity index (χ4v) is 2.61. The Morgan fingerprint density at radius 1 is 1.29 bits per heavy atom. The van der Waals surface area contributed by atoms with Gasteiger partial charge in [0.25, 0.3) is 0 Å². The highest BCUT2D eigenvalue weighted by Gasteiger charge is 2.18. The van der Waals surface area contributed by atoms with Gasteiger partial charge in [0.1, 0.15) is 18.1 Å². The summed E-state index contributed by atoms with van der Waals surface area (Å²) in [6, 6.07) is 5.53. The molecular formula is C15H16F2N4O3. The van der Waals surface area contributed by atoms with Gasteiger partial charge in [-0.2, -0.15) is 13.9 Å². The average molecular weight is 338 g/mol. The number of carbonyl (C=O) groups is 1. The maximum atomic E-state index is 12.1. The normalized spacial score (nSPS) is 13.6. The number of aryl methyl sites for hydroxylation is 1. The molecule has 9 heteroatoms. The van der Waals surface area contributed by atoms with Crippen LogP contribution in [-0.4, -0.2) is 26.9 Å². The fraction of sp³-hybridized carbons (Fsp3) is 0.400. The Kier molecular flexibility index (Phi) is 4.59. The number of amides is 1. The number of ether oxygens (including phenoxy) is 1. The van der Waals surface area contributed by atoms with E-state index in [4.69, 9.17) is 0 Å². The van der Waals surface area contributed by atoms with Gasteiger partial charge in [0.05, 0.1) is 0 Å². The SMILES string of the molecule is O=C(Cn1nc2n(c1=O)CCCC2)Nc1ccc(OC(F)F)cc1. The molecule has 3 rings (SSSR count). The van der Waals surface area contributed by atoms with Crippen molar-refractivity contribution in [2.75, 3.05) is 5.32 Å². The van der Waals surface area contributed by atoms with Crippen LogP contribution in [0.1, 0.15) is 18.7 Å². The van der Waals surface area contributed by atoms with Crippen LogP contribution in [0.2, 0.25) is 0 Å². The van der Waals surface area contributed by atoms with Crippen molar-refractivity contribution in [3.63, 3.8) is 0 Å². The number of aromatic nitrogens is 3. The topological polar surface area (TPSA) is 78.2 Å². The van der Waals surface area contributed by atoms with Crippen LogP contribution in [0.4, 0.5) is 14.5 Å². The second-order valence-electron chi connectivity index (χ2n) is 5.42. The van der Waals surface area contributed by atoms with Gasteiger partial charge in [0.2, 0.25) is 5.91 Å². The van der Waals surface area contributed by atoms with E-state index in [-0.39, 0.29) is 18.0 Å². The molecule has 0 spiro atoms. The van der Waals surface area contributed by atoms with E-state index in [1.165, 1.54) is 24.3 Å². The van der Waals surface area contributed by atoms with E-state index in [1.807, 2.05) is 0 Å². The molecule has 0 saturated heterocycles. The van der Waals surface area contributed by atoms with Crippen LogP contribution in [0, 0.1) is 0 Å². The minimum atomic E-state index is -2.90. The van der Waals surface area contributed by atoms with Crippen LogP contribution in [0.5, 0.6) is 5.75 Å². The molecule has 1 aromatic heterocycles. The average Bonchev–Trinajstić information content (AvgIpc) is 2.85. The molecule has 1 aromatic carbocycles. The van der Waals surface area contributed by atoms with Gasteiger partial charge in [-0.15, -0.1) is 0 Å². The molecule has 0 fully saturated rings. The smallest absolute Gasteiger partial charge is 0.387 e. The molecule has 0 atom stereocenters. The van der Waals surface area contributed by atoms with E-state index < -0.39 is 12.5 Å². The lowest BCUT2D eigenvalue weighted by Crippen LogP contribution is -2.30. The van der Waals surface area contributed by atoms with Crippen LogP contribution < -0.4 is 15.7 Å². The molecule has 1 amide bonds. The van der Waals surface area contributed by atoms with Crippen LogP contribution in [0.3, 0.4) is 0 Å². The Labute approximate surface area is 135 Å². The molecule has 24 heavy (non-hydrogen) atoms. The van der Waals surface area contributed by atoms with Gasteiger partial charge < -0.3 is 10.1 Å². The highest BCUT2D eigenvalue weighted by molar-refractivity contribution is 5.90. The number of halogens is 2.